The van der Waals surface area contributed by atoms with Crippen LogP contribution in [-0.2, 0) is 22.6 Å². The predicted octanol–water partition coefficient (Wildman–Crippen LogP) is 6.66. The highest BCUT2D eigenvalue weighted by molar-refractivity contribution is 6.08. The number of Topliss-reactive ketones (excluding diaryl/α,β-unsaturated/α-hetero) is 1. The molecule has 3 aliphatic rings. The molecule has 11 heteroatoms. The zero-order valence-corrected chi connectivity index (χ0v) is 28.5. The molecule has 4 heterocycles. The minimum atomic E-state index is -0.451. The van der Waals surface area contributed by atoms with E-state index in [1.54, 1.807) is 24.3 Å². The molecule has 2 aromatic heterocycles. The van der Waals surface area contributed by atoms with Gasteiger partial charge in [-0.05, 0) is 73.7 Å². The third kappa shape index (κ3) is 6.67. The lowest BCUT2D eigenvalue weighted by Crippen LogP contribution is -2.46. The predicted molar refractivity (Wildman–Crippen MR) is 195 cm³/mol. The van der Waals surface area contributed by atoms with Crippen molar-refractivity contribution in [2.75, 3.05) is 27.5 Å². The molecular weight excluding hydrogens is 628 g/mol. The quantitative estimate of drug-likeness (QED) is 0.225. The number of hydrogen-bond donors (Lipinski definition) is 2. The van der Waals surface area contributed by atoms with Crippen molar-refractivity contribution < 1.29 is 14.4 Å². The number of allylic oxidation sites excluding steroid dienone is 3. The van der Waals surface area contributed by atoms with E-state index >= 15 is 0 Å². The lowest BCUT2D eigenvalue weighted by Gasteiger charge is -2.35. The van der Waals surface area contributed by atoms with Gasteiger partial charge < -0.3 is 10.6 Å². The van der Waals surface area contributed by atoms with Gasteiger partial charge in [0, 0.05) is 48.7 Å². The number of pyridine rings is 1. The Bertz CT molecular complexity index is 2090. The molecular formula is C39H38N8O3. The van der Waals surface area contributed by atoms with Crippen molar-refractivity contribution in [3.05, 3.63) is 119 Å². The monoisotopic (exact) mass is 666 g/mol. The molecule has 2 aliphatic heterocycles. The fourth-order valence-corrected chi connectivity index (χ4v) is 6.61. The summed E-state index contributed by atoms with van der Waals surface area (Å²) in [4.78, 5) is 62.0. The van der Waals surface area contributed by atoms with Crippen LogP contribution in [0.5, 0.6) is 0 Å². The first-order chi connectivity index (χ1) is 24.1. The molecule has 50 heavy (non-hydrogen) atoms. The van der Waals surface area contributed by atoms with E-state index in [9.17, 15) is 14.4 Å². The van der Waals surface area contributed by atoms with Crippen molar-refractivity contribution in [3.8, 4) is 0 Å². The molecule has 2 aromatic carbocycles. The van der Waals surface area contributed by atoms with Gasteiger partial charge in [0.1, 0.15) is 11.9 Å². The Morgan fingerprint density at radius 2 is 1.76 bits per heavy atom. The Morgan fingerprint density at radius 3 is 2.54 bits per heavy atom. The third-order valence-corrected chi connectivity index (χ3v) is 9.35. The second-order valence-electron chi connectivity index (χ2n) is 13.0. The largest absolute Gasteiger partial charge is 0.330 e. The van der Waals surface area contributed by atoms with Crippen molar-refractivity contribution >= 4 is 52.3 Å². The first-order valence-electron chi connectivity index (χ1n) is 16.7. The Labute approximate surface area is 290 Å². The maximum absolute atomic E-state index is 13.7. The van der Waals surface area contributed by atoms with Crippen LogP contribution in [0.1, 0.15) is 42.1 Å². The van der Waals surface area contributed by atoms with Gasteiger partial charge in [-0.1, -0.05) is 48.6 Å². The second kappa shape index (κ2) is 13.5. The molecule has 7 rings (SSSR count). The van der Waals surface area contributed by atoms with Gasteiger partial charge in [-0.3, -0.25) is 29.4 Å². The smallest absolute Gasteiger partial charge is 0.325 e. The summed E-state index contributed by atoms with van der Waals surface area (Å²) in [6.45, 7) is 6.05. The molecule has 11 nitrogen and oxygen atoms in total. The number of nitrogens with zero attached hydrogens (tertiary/aromatic N) is 6. The molecule has 0 spiro atoms. The number of benzene rings is 2. The number of nitrogens with one attached hydrogen (secondary N) is 2. The van der Waals surface area contributed by atoms with Crippen LogP contribution in [0.2, 0.25) is 0 Å². The standard InChI is InChI=1S/C39H38N8O3/c1-23-10-13-30(19-34(23)47-22-29-20-41-38(45-36(29)46(4)39(47)50)44-31-14-11-24(2)40-21-31)43-37(49)27-12-15-32-25(3)42-33(35(48)18-28(32)17-27)16-26-8-6-5-7-9-26/h5-11,13-15,17,19-21,27,33H,12,16,18,22H2,1-4H3,(H,43,49)(H,41,44,45)/t27?,33-/m0/s1. The summed E-state index contributed by atoms with van der Waals surface area (Å²) < 4.78 is 0. The van der Waals surface area contributed by atoms with Crippen LogP contribution in [0.3, 0.4) is 0 Å². The Kier molecular flexibility index (Phi) is 8.80. The highest BCUT2D eigenvalue weighted by atomic mass is 16.2. The maximum Gasteiger partial charge on any atom is 0.330 e. The molecule has 4 aromatic rings. The molecule has 0 bridgehead atoms. The van der Waals surface area contributed by atoms with E-state index in [1.807, 2.05) is 93.6 Å². The zero-order chi connectivity index (χ0) is 34.9. The number of aliphatic imine (C=N–C) groups is 1. The van der Waals surface area contributed by atoms with Gasteiger partial charge in [-0.2, -0.15) is 4.98 Å². The van der Waals surface area contributed by atoms with Gasteiger partial charge in [0.2, 0.25) is 11.9 Å². The second-order valence-corrected chi connectivity index (χ2v) is 13.0. The number of urea groups is 1. The van der Waals surface area contributed by atoms with Gasteiger partial charge in [-0.25, -0.2) is 9.78 Å². The van der Waals surface area contributed by atoms with Crippen molar-refractivity contribution in [1.29, 1.82) is 0 Å². The number of fused-ring (bicyclic) bond motifs is 2. The minimum Gasteiger partial charge on any atom is -0.325 e. The SMILES string of the molecule is CC1=N[C@@H](Cc2ccccc2)C(=O)CC2=CC(C(=O)Nc3ccc(C)c(N4Cc5cnc(Nc6ccc(C)nc6)nc5N(C)C4=O)c3)CC=C21. The average molecular weight is 667 g/mol. The average Bonchev–Trinajstić information content (AvgIpc) is 3.23. The van der Waals surface area contributed by atoms with Crippen LogP contribution in [0.25, 0.3) is 0 Å². The number of hydrogen-bond acceptors (Lipinski definition) is 8. The molecule has 0 radical (unpaired) electrons. The Hall–Kier alpha value is -5.97. The molecule has 2 N–H and O–H groups in total. The first-order valence-corrected chi connectivity index (χ1v) is 16.7. The number of ketones is 1. The minimum absolute atomic E-state index is 0.0475. The summed E-state index contributed by atoms with van der Waals surface area (Å²) in [5, 5.41) is 6.20. The molecule has 2 atom stereocenters. The summed E-state index contributed by atoms with van der Waals surface area (Å²) in [6.07, 6.45) is 8.65. The summed E-state index contributed by atoms with van der Waals surface area (Å²) in [7, 11) is 1.69. The molecule has 1 unspecified atom stereocenters. The van der Waals surface area contributed by atoms with Crippen molar-refractivity contribution in [2.24, 2.45) is 10.9 Å². The lowest BCUT2D eigenvalue weighted by molar-refractivity contribution is -0.120. The van der Waals surface area contributed by atoms with Crippen molar-refractivity contribution in [3.63, 3.8) is 0 Å². The van der Waals surface area contributed by atoms with E-state index < -0.39 is 12.0 Å². The number of rotatable bonds is 7. The summed E-state index contributed by atoms with van der Waals surface area (Å²) in [5.74, 6) is 0.304. The summed E-state index contributed by atoms with van der Waals surface area (Å²) >= 11 is 0. The van der Waals surface area contributed by atoms with Gasteiger partial charge in [0.25, 0.3) is 0 Å². The molecule has 1 aliphatic carbocycles. The van der Waals surface area contributed by atoms with Crippen molar-refractivity contribution in [2.45, 2.75) is 52.6 Å². The lowest BCUT2D eigenvalue weighted by atomic mass is 9.85. The molecule has 252 valence electrons. The topological polar surface area (TPSA) is 133 Å². The molecule has 0 saturated heterocycles. The highest BCUT2D eigenvalue weighted by Gasteiger charge is 2.33. The van der Waals surface area contributed by atoms with E-state index in [0.29, 0.717) is 36.0 Å². The third-order valence-electron chi connectivity index (χ3n) is 9.35. The molecule has 0 fully saturated rings. The van der Waals surface area contributed by atoms with E-state index in [2.05, 4.69) is 25.6 Å². The van der Waals surface area contributed by atoms with Crippen molar-refractivity contribution in [1.82, 2.24) is 15.0 Å². The fourth-order valence-electron chi connectivity index (χ4n) is 6.61. The number of aromatic nitrogens is 3. The van der Waals surface area contributed by atoms with Gasteiger partial charge in [0.05, 0.1) is 30.0 Å². The fraction of sp³-hybridized carbons (Fsp3) is 0.256. The molecule has 3 amide bonds. The normalized spacial score (nSPS) is 18.7. The number of anilines is 5. The van der Waals surface area contributed by atoms with E-state index in [1.165, 1.54) is 4.90 Å². The zero-order valence-electron chi connectivity index (χ0n) is 28.5. The van der Waals surface area contributed by atoms with Gasteiger partial charge in [0.15, 0.2) is 5.78 Å². The first kappa shape index (κ1) is 32.6. The van der Waals surface area contributed by atoms with Crippen LogP contribution >= 0.6 is 0 Å². The number of aryl methyl sites for hydroxylation is 2. The number of carbonyl (C=O) groups excluding carboxylic acids is 3. The van der Waals surface area contributed by atoms with Gasteiger partial charge >= 0.3 is 6.03 Å². The summed E-state index contributed by atoms with van der Waals surface area (Å²) in [5.41, 5.74) is 8.25. The van der Waals surface area contributed by atoms with Crippen LogP contribution < -0.4 is 20.4 Å². The summed E-state index contributed by atoms with van der Waals surface area (Å²) in [6, 6.07) is 18.5. The van der Waals surface area contributed by atoms with Crippen LogP contribution in [-0.4, -0.2) is 51.5 Å². The Balaban J connectivity index is 1.05. The highest BCUT2D eigenvalue weighted by Crippen LogP contribution is 2.35. The van der Waals surface area contributed by atoms with Crippen LogP contribution in [0.15, 0.2) is 101 Å². The Morgan fingerprint density at radius 1 is 0.960 bits per heavy atom. The van der Waals surface area contributed by atoms with E-state index in [0.717, 1.165) is 44.9 Å². The number of amides is 3. The number of carbonyl (C=O) groups is 3. The van der Waals surface area contributed by atoms with E-state index in [-0.39, 0.29) is 30.7 Å². The van der Waals surface area contributed by atoms with Crippen LogP contribution in [0, 0.1) is 19.8 Å². The van der Waals surface area contributed by atoms with Gasteiger partial charge in [-0.15, -0.1) is 0 Å². The van der Waals surface area contributed by atoms with Crippen LogP contribution in [0.4, 0.5) is 33.6 Å². The van der Waals surface area contributed by atoms with E-state index in [4.69, 9.17) is 4.99 Å². The maximum atomic E-state index is 13.7. The molecule has 0 saturated carbocycles.